The molecule has 0 unspecified atom stereocenters. The van der Waals surface area contributed by atoms with Crippen LogP contribution in [0.3, 0.4) is 0 Å². The summed E-state index contributed by atoms with van der Waals surface area (Å²) < 4.78 is 49.1. The smallest absolute Gasteiger partial charge is 0.417 e. The van der Waals surface area contributed by atoms with Crippen LogP contribution in [0.5, 0.6) is 5.75 Å². The second-order valence-corrected chi connectivity index (χ2v) is 6.99. The average molecular weight is 431 g/mol. The van der Waals surface area contributed by atoms with Crippen LogP contribution in [0.25, 0.3) is 0 Å². The molecule has 2 heterocycles. The zero-order valence-corrected chi connectivity index (χ0v) is 16.0. The van der Waals surface area contributed by atoms with Gasteiger partial charge in [0.2, 0.25) is 11.2 Å². The SMILES string of the molecule is O=C(COc1coc(CN2CCCC2)cc1=O)Nc1ccc(Cl)c(C(F)(F)F)c1. The number of hydrogen-bond donors (Lipinski definition) is 1. The molecule has 1 aromatic carbocycles. The molecule has 3 rings (SSSR count). The number of nitrogens with one attached hydrogen (secondary N) is 1. The van der Waals surface area contributed by atoms with Crippen LogP contribution in [0.1, 0.15) is 24.2 Å². The molecular weight excluding hydrogens is 413 g/mol. The van der Waals surface area contributed by atoms with Crippen LogP contribution in [-0.4, -0.2) is 30.5 Å². The summed E-state index contributed by atoms with van der Waals surface area (Å²) >= 11 is 5.54. The third-order valence-corrected chi connectivity index (χ3v) is 4.67. The molecule has 1 aliphatic rings. The number of nitrogens with zero attached hydrogens (tertiary/aromatic N) is 1. The van der Waals surface area contributed by atoms with E-state index in [1.165, 1.54) is 12.1 Å². The predicted octanol–water partition coefficient (Wildman–Crippen LogP) is 3.93. The van der Waals surface area contributed by atoms with E-state index in [2.05, 4.69) is 10.2 Å². The molecule has 0 aliphatic carbocycles. The van der Waals surface area contributed by atoms with Gasteiger partial charge in [-0.1, -0.05) is 11.6 Å². The topological polar surface area (TPSA) is 71.8 Å². The molecule has 1 N–H and O–H groups in total. The average Bonchev–Trinajstić information content (AvgIpc) is 3.15. The molecule has 156 valence electrons. The van der Waals surface area contributed by atoms with Crippen molar-refractivity contribution in [2.75, 3.05) is 25.0 Å². The second kappa shape index (κ2) is 8.87. The van der Waals surface area contributed by atoms with E-state index in [1.54, 1.807) is 0 Å². The van der Waals surface area contributed by atoms with Gasteiger partial charge >= 0.3 is 6.18 Å². The largest absolute Gasteiger partial charge is 0.477 e. The molecule has 1 amide bonds. The van der Waals surface area contributed by atoms with Crippen LogP contribution in [0.15, 0.2) is 39.7 Å². The predicted molar refractivity (Wildman–Crippen MR) is 100 cm³/mol. The number of halogens is 4. The van der Waals surface area contributed by atoms with Crippen molar-refractivity contribution in [2.24, 2.45) is 0 Å². The van der Waals surface area contributed by atoms with E-state index in [-0.39, 0.29) is 11.4 Å². The van der Waals surface area contributed by atoms with Gasteiger partial charge in [0.15, 0.2) is 6.61 Å². The minimum Gasteiger partial charge on any atom is -0.477 e. The van der Waals surface area contributed by atoms with Crippen molar-refractivity contribution < 1.29 is 27.1 Å². The van der Waals surface area contributed by atoms with Gasteiger partial charge in [-0.2, -0.15) is 13.2 Å². The van der Waals surface area contributed by atoms with Crippen molar-refractivity contribution in [1.29, 1.82) is 0 Å². The molecule has 0 radical (unpaired) electrons. The van der Waals surface area contributed by atoms with Gasteiger partial charge in [-0.05, 0) is 44.1 Å². The van der Waals surface area contributed by atoms with Gasteiger partial charge in [0.05, 0.1) is 17.1 Å². The number of likely N-dealkylation sites (tertiary alicyclic amines) is 1. The Morgan fingerprint density at radius 2 is 1.97 bits per heavy atom. The summed E-state index contributed by atoms with van der Waals surface area (Å²) in [6.07, 6.45) is -1.30. The first kappa shape index (κ1) is 21.2. The Morgan fingerprint density at radius 1 is 1.24 bits per heavy atom. The van der Waals surface area contributed by atoms with Crippen molar-refractivity contribution in [3.05, 3.63) is 57.1 Å². The van der Waals surface area contributed by atoms with E-state index in [1.807, 2.05) is 0 Å². The molecule has 0 atom stereocenters. The highest BCUT2D eigenvalue weighted by atomic mass is 35.5. The molecule has 2 aromatic rings. The van der Waals surface area contributed by atoms with Gasteiger partial charge in [0, 0.05) is 11.8 Å². The fraction of sp³-hybridized carbons (Fsp3) is 0.368. The molecule has 29 heavy (non-hydrogen) atoms. The van der Waals surface area contributed by atoms with Gasteiger partial charge in [-0.25, -0.2) is 0 Å². The zero-order chi connectivity index (χ0) is 21.0. The number of carbonyl (C=O) groups excluding carboxylic acids is 1. The first-order valence-electron chi connectivity index (χ1n) is 8.86. The van der Waals surface area contributed by atoms with Crippen LogP contribution >= 0.6 is 11.6 Å². The van der Waals surface area contributed by atoms with Crippen LogP contribution < -0.4 is 15.5 Å². The lowest BCUT2D eigenvalue weighted by atomic mass is 10.2. The van der Waals surface area contributed by atoms with Gasteiger partial charge in [-0.15, -0.1) is 0 Å². The van der Waals surface area contributed by atoms with E-state index in [4.69, 9.17) is 20.8 Å². The van der Waals surface area contributed by atoms with Crippen molar-refractivity contribution >= 4 is 23.2 Å². The van der Waals surface area contributed by atoms with E-state index >= 15 is 0 Å². The Hall–Kier alpha value is -2.52. The summed E-state index contributed by atoms with van der Waals surface area (Å²) in [7, 11) is 0. The van der Waals surface area contributed by atoms with Crippen LogP contribution in [-0.2, 0) is 17.5 Å². The number of ether oxygens (including phenoxy) is 1. The molecule has 6 nitrogen and oxygen atoms in total. The van der Waals surface area contributed by atoms with Crippen molar-refractivity contribution in [3.63, 3.8) is 0 Å². The summed E-state index contributed by atoms with van der Waals surface area (Å²) in [5.41, 5.74) is -1.60. The Bertz CT molecular complexity index is 940. The maximum atomic E-state index is 12.9. The number of carbonyl (C=O) groups is 1. The molecule has 1 aliphatic heterocycles. The first-order valence-corrected chi connectivity index (χ1v) is 9.23. The minimum atomic E-state index is -4.65. The number of hydrogen-bond acceptors (Lipinski definition) is 5. The van der Waals surface area contributed by atoms with Gasteiger partial charge < -0.3 is 14.5 Å². The third-order valence-electron chi connectivity index (χ3n) is 4.34. The monoisotopic (exact) mass is 430 g/mol. The molecule has 10 heteroatoms. The van der Waals surface area contributed by atoms with Crippen molar-refractivity contribution in [1.82, 2.24) is 4.90 Å². The second-order valence-electron chi connectivity index (χ2n) is 6.59. The van der Waals surface area contributed by atoms with E-state index in [9.17, 15) is 22.8 Å². The third kappa shape index (κ3) is 5.74. The molecule has 1 saturated heterocycles. The molecule has 1 aromatic heterocycles. The molecule has 1 fully saturated rings. The molecular formula is C19H18ClF3N2O4. The highest BCUT2D eigenvalue weighted by molar-refractivity contribution is 6.31. The van der Waals surface area contributed by atoms with Crippen LogP contribution in [0.2, 0.25) is 5.02 Å². The zero-order valence-electron chi connectivity index (χ0n) is 15.2. The van der Waals surface area contributed by atoms with Gasteiger partial charge in [0.1, 0.15) is 12.0 Å². The highest BCUT2D eigenvalue weighted by Gasteiger charge is 2.33. The summed E-state index contributed by atoms with van der Waals surface area (Å²) in [6, 6.07) is 4.30. The maximum Gasteiger partial charge on any atom is 0.417 e. The van der Waals surface area contributed by atoms with Gasteiger partial charge in [-0.3, -0.25) is 14.5 Å². The van der Waals surface area contributed by atoms with E-state index < -0.39 is 34.7 Å². The van der Waals surface area contributed by atoms with Crippen molar-refractivity contribution in [3.8, 4) is 5.75 Å². The lowest BCUT2D eigenvalue weighted by molar-refractivity contribution is -0.137. The molecule has 0 saturated carbocycles. The van der Waals surface area contributed by atoms with Crippen LogP contribution in [0.4, 0.5) is 18.9 Å². The Labute approximate surface area is 169 Å². The summed E-state index contributed by atoms with van der Waals surface area (Å²) in [6.45, 7) is 1.85. The quantitative estimate of drug-likeness (QED) is 0.752. The Kier molecular flexibility index (Phi) is 6.49. The number of rotatable bonds is 6. The number of alkyl halides is 3. The number of amides is 1. The summed E-state index contributed by atoms with van der Waals surface area (Å²) in [4.78, 5) is 26.2. The Morgan fingerprint density at radius 3 is 2.62 bits per heavy atom. The normalized spacial score (nSPS) is 14.8. The number of benzene rings is 1. The number of anilines is 1. The van der Waals surface area contributed by atoms with Crippen LogP contribution in [0, 0.1) is 0 Å². The van der Waals surface area contributed by atoms with Crippen molar-refractivity contribution in [2.45, 2.75) is 25.6 Å². The Balaban J connectivity index is 1.57. The standard InChI is InChI=1S/C19H18ClF3N2O4/c20-15-4-3-12(7-14(15)19(21,22)23)24-18(27)11-29-17-10-28-13(8-16(17)26)9-25-5-1-2-6-25/h3-4,7-8,10H,1-2,5-6,9,11H2,(H,24,27). The fourth-order valence-electron chi connectivity index (χ4n) is 2.95. The first-order chi connectivity index (χ1) is 13.7. The fourth-order valence-corrected chi connectivity index (χ4v) is 3.17. The van der Waals surface area contributed by atoms with E-state index in [0.29, 0.717) is 12.3 Å². The summed E-state index contributed by atoms with van der Waals surface area (Å²) in [5, 5.41) is 1.80. The molecule has 0 spiro atoms. The maximum absolute atomic E-state index is 12.9. The summed E-state index contributed by atoms with van der Waals surface area (Å²) in [5.74, 6) is -0.395. The lowest BCUT2D eigenvalue weighted by Gasteiger charge is -2.13. The van der Waals surface area contributed by atoms with E-state index in [0.717, 1.165) is 44.3 Å². The lowest BCUT2D eigenvalue weighted by Crippen LogP contribution is -2.23. The molecule has 0 bridgehead atoms. The highest BCUT2D eigenvalue weighted by Crippen LogP contribution is 2.36. The minimum absolute atomic E-state index is 0.0941. The van der Waals surface area contributed by atoms with Gasteiger partial charge in [0.25, 0.3) is 5.91 Å².